The third-order valence-corrected chi connectivity index (χ3v) is 8.76. The number of aromatic nitrogens is 1. The summed E-state index contributed by atoms with van der Waals surface area (Å²) in [5, 5.41) is 12.8. The molecule has 1 nitrogen and oxygen atoms in total. The van der Waals surface area contributed by atoms with E-state index < -0.39 is 0 Å². The number of hydrogen-bond acceptors (Lipinski definition) is 0. The number of hydrogen-bond donors (Lipinski definition) is 1. The molecule has 9 rings (SSSR count). The Morgan fingerprint density at radius 1 is 0.293 bits per heavy atom. The monoisotopic (exact) mass is 519 g/mol. The molecule has 1 heteroatoms. The van der Waals surface area contributed by atoms with Crippen LogP contribution in [0.5, 0.6) is 0 Å². The van der Waals surface area contributed by atoms with Crippen LogP contribution in [0.3, 0.4) is 0 Å². The average Bonchev–Trinajstić information content (AvgIpc) is 3.41. The molecule has 0 unspecified atom stereocenters. The molecular weight excluding hydrogens is 494 g/mol. The Labute approximate surface area is 237 Å². The maximum absolute atomic E-state index is 3.67. The lowest BCUT2D eigenvalue weighted by Crippen LogP contribution is -1.85. The van der Waals surface area contributed by atoms with Crippen molar-refractivity contribution in [3.05, 3.63) is 146 Å². The highest BCUT2D eigenvalue weighted by atomic mass is 14.7. The predicted molar refractivity (Wildman–Crippen MR) is 177 cm³/mol. The summed E-state index contributed by atoms with van der Waals surface area (Å²) >= 11 is 0. The van der Waals surface area contributed by atoms with Crippen LogP contribution < -0.4 is 0 Å². The highest BCUT2D eigenvalue weighted by molar-refractivity contribution is 6.17. The predicted octanol–water partition coefficient (Wildman–Crippen LogP) is 11.3. The first-order chi connectivity index (χ1) is 20.3. The van der Waals surface area contributed by atoms with Crippen LogP contribution in [0, 0.1) is 0 Å². The minimum atomic E-state index is 1.16. The summed E-state index contributed by atoms with van der Waals surface area (Å²) in [6.07, 6.45) is 0. The van der Waals surface area contributed by atoms with Crippen molar-refractivity contribution < 1.29 is 0 Å². The van der Waals surface area contributed by atoms with E-state index in [4.69, 9.17) is 0 Å². The van der Waals surface area contributed by atoms with Gasteiger partial charge in [0.25, 0.3) is 0 Å². The smallest absolute Gasteiger partial charge is 0.0465 e. The van der Waals surface area contributed by atoms with Gasteiger partial charge < -0.3 is 4.98 Å². The molecule has 0 aliphatic rings. The van der Waals surface area contributed by atoms with Crippen molar-refractivity contribution in [3.8, 4) is 22.3 Å². The van der Waals surface area contributed by atoms with Crippen molar-refractivity contribution in [3.63, 3.8) is 0 Å². The van der Waals surface area contributed by atoms with E-state index in [1.54, 1.807) is 0 Å². The van der Waals surface area contributed by atoms with Gasteiger partial charge in [-0.1, -0.05) is 109 Å². The highest BCUT2D eigenvalue weighted by Gasteiger charge is 2.13. The maximum atomic E-state index is 3.67. The summed E-state index contributed by atoms with van der Waals surface area (Å²) in [6, 6.07) is 53.4. The first-order valence-electron chi connectivity index (χ1n) is 14.2. The van der Waals surface area contributed by atoms with E-state index in [2.05, 4.69) is 151 Å². The Kier molecular flexibility index (Phi) is 4.67. The molecule has 0 spiro atoms. The first kappa shape index (κ1) is 22.4. The molecule has 0 fully saturated rings. The van der Waals surface area contributed by atoms with Gasteiger partial charge in [0, 0.05) is 21.8 Å². The minimum absolute atomic E-state index is 1.16. The number of aromatic amines is 1. The van der Waals surface area contributed by atoms with Gasteiger partial charge in [-0.05, 0) is 102 Å². The molecule has 0 saturated carbocycles. The fourth-order valence-electron chi connectivity index (χ4n) is 6.82. The zero-order valence-electron chi connectivity index (χ0n) is 22.4. The van der Waals surface area contributed by atoms with Crippen LogP contribution in [0.25, 0.3) is 87.1 Å². The summed E-state index contributed by atoms with van der Waals surface area (Å²) in [4.78, 5) is 3.67. The van der Waals surface area contributed by atoms with Crippen LogP contribution in [-0.4, -0.2) is 4.98 Å². The zero-order valence-corrected chi connectivity index (χ0v) is 22.4. The molecule has 1 heterocycles. The number of H-pyrrole nitrogens is 1. The number of rotatable bonds is 2. The highest BCUT2D eigenvalue weighted by Crippen LogP contribution is 2.40. The van der Waals surface area contributed by atoms with E-state index in [1.807, 2.05) is 0 Å². The van der Waals surface area contributed by atoms with Gasteiger partial charge in [-0.25, -0.2) is 0 Å². The molecule has 0 bridgehead atoms. The van der Waals surface area contributed by atoms with Crippen molar-refractivity contribution in [1.82, 2.24) is 4.98 Å². The van der Waals surface area contributed by atoms with E-state index in [0.717, 1.165) is 11.0 Å². The Hall–Kier alpha value is -5.40. The van der Waals surface area contributed by atoms with Gasteiger partial charge in [-0.15, -0.1) is 0 Å². The quantitative estimate of drug-likeness (QED) is 0.219. The Balaban J connectivity index is 1.29. The Morgan fingerprint density at radius 2 is 0.683 bits per heavy atom. The summed E-state index contributed by atoms with van der Waals surface area (Å²) in [5.41, 5.74) is 7.34. The molecule has 0 atom stereocenters. The van der Waals surface area contributed by atoms with Crippen LogP contribution in [0.4, 0.5) is 0 Å². The van der Waals surface area contributed by atoms with Crippen molar-refractivity contribution >= 4 is 64.9 Å². The van der Waals surface area contributed by atoms with Crippen molar-refractivity contribution in [2.75, 3.05) is 0 Å². The van der Waals surface area contributed by atoms with Gasteiger partial charge in [0.1, 0.15) is 0 Å². The second-order valence-electron chi connectivity index (χ2n) is 11.0. The summed E-state index contributed by atoms with van der Waals surface area (Å²) in [7, 11) is 0. The topological polar surface area (TPSA) is 15.8 Å². The molecule has 9 aromatic rings. The molecule has 0 radical (unpaired) electrons. The van der Waals surface area contributed by atoms with Gasteiger partial charge in [-0.3, -0.25) is 0 Å². The van der Waals surface area contributed by atoms with Crippen LogP contribution in [-0.2, 0) is 0 Å². The van der Waals surface area contributed by atoms with E-state index >= 15 is 0 Å². The molecule has 0 amide bonds. The second-order valence-corrected chi connectivity index (χ2v) is 11.0. The van der Waals surface area contributed by atoms with Gasteiger partial charge in [0.05, 0.1) is 0 Å². The molecule has 0 saturated heterocycles. The fraction of sp³-hybridized carbons (Fsp3) is 0. The molecule has 41 heavy (non-hydrogen) atoms. The fourth-order valence-corrected chi connectivity index (χ4v) is 6.82. The third-order valence-electron chi connectivity index (χ3n) is 8.76. The van der Waals surface area contributed by atoms with Gasteiger partial charge in [-0.2, -0.15) is 0 Å². The average molecular weight is 520 g/mol. The SMILES string of the molecule is c1ccc2c(c1)cc(-c1ccc3[nH]c4ccc(-c5cc6ccccc6c6ccccc56)cc4c3c1)c1ccccc12. The minimum Gasteiger partial charge on any atom is -0.355 e. The first-order valence-corrected chi connectivity index (χ1v) is 14.2. The van der Waals surface area contributed by atoms with Crippen LogP contribution in [0.15, 0.2) is 146 Å². The molecular formula is C40H25N. The molecule has 0 aliphatic heterocycles. The van der Waals surface area contributed by atoms with E-state index in [1.165, 1.54) is 76.1 Å². The van der Waals surface area contributed by atoms with E-state index in [0.29, 0.717) is 0 Å². The largest absolute Gasteiger partial charge is 0.355 e. The molecule has 190 valence electrons. The Bertz CT molecular complexity index is 2300. The van der Waals surface area contributed by atoms with Crippen LogP contribution >= 0.6 is 0 Å². The van der Waals surface area contributed by atoms with Gasteiger partial charge in [0.2, 0.25) is 0 Å². The summed E-state index contributed by atoms with van der Waals surface area (Å²) in [5.74, 6) is 0. The van der Waals surface area contributed by atoms with E-state index in [9.17, 15) is 0 Å². The summed E-state index contributed by atoms with van der Waals surface area (Å²) < 4.78 is 0. The normalized spacial score (nSPS) is 11.9. The lowest BCUT2D eigenvalue weighted by Gasteiger charge is -2.12. The summed E-state index contributed by atoms with van der Waals surface area (Å²) in [6.45, 7) is 0. The molecule has 1 aromatic heterocycles. The van der Waals surface area contributed by atoms with Gasteiger partial charge in [0.15, 0.2) is 0 Å². The molecule has 0 aliphatic carbocycles. The molecule has 8 aromatic carbocycles. The van der Waals surface area contributed by atoms with Crippen molar-refractivity contribution in [1.29, 1.82) is 0 Å². The van der Waals surface area contributed by atoms with E-state index in [-0.39, 0.29) is 0 Å². The lowest BCUT2D eigenvalue weighted by atomic mass is 9.92. The lowest BCUT2D eigenvalue weighted by molar-refractivity contribution is 1.54. The third kappa shape index (κ3) is 3.36. The standard InChI is InChI=1S/C40H25N/c1-3-11-29-25(9-1)21-35(33-15-7-5-13-31(29)33)27-17-19-39-37(23-27)38-24-28(18-20-40(38)41-39)36-22-26-10-2-4-12-30(26)32-14-6-8-16-34(32)36/h1-24,41H. The Morgan fingerprint density at radius 3 is 1.15 bits per heavy atom. The van der Waals surface area contributed by atoms with Crippen LogP contribution in [0.1, 0.15) is 0 Å². The van der Waals surface area contributed by atoms with Gasteiger partial charge >= 0.3 is 0 Å². The van der Waals surface area contributed by atoms with Crippen molar-refractivity contribution in [2.24, 2.45) is 0 Å². The number of benzene rings is 8. The zero-order chi connectivity index (χ0) is 26.9. The number of nitrogens with one attached hydrogen (secondary N) is 1. The number of fused-ring (bicyclic) bond motifs is 9. The second kappa shape index (κ2) is 8.55. The van der Waals surface area contributed by atoms with Crippen LogP contribution in [0.2, 0.25) is 0 Å². The molecule has 1 N–H and O–H groups in total. The van der Waals surface area contributed by atoms with Crippen molar-refractivity contribution in [2.45, 2.75) is 0 Å². The maximum Gasteiger partial charge on any atom is 0.0465 e.